The van der Waals surface area contributed by atoms with Crippen LogP contribution in [-0.4, -0.2) is 54.2 Å². The van der Waals surface area contributed by atoms with Gasteiger partial charge in [-0.3, -0.25) is 9.89 Å². The Hall–Kier alpha value is -2.74. The minimum atomic E-state index is -0.617. The number of benzene rings is 1. The Balaban J connectivity index is 1.66. The molecule has 134 valence electrons. The van der Waals surface area contributed by atoms with Crippen molar-refractivity contribution in [2.45, 2.75) is 18.9 Å². The molecule has 1 aliphatic rings. The summed E-state index contributed by atoms with van der Waals surface area (Å²) in [6.45, 7) is 2.11. The first kappa shape index (κ1) is 17.1. The highest BCUT2D eigenvalue weighted by molar-refractivity contribution is 6.02. The predicted octanol–water partition coefficient (Wildman–Crippen LogP) is 1.36. The van der Waals surface area contributed by atoms with Crippen LogP contribution in [0.15, 0.2) is 24.3 Å². The molecule has 1 aromatic heterocycles. The quantitative estimate of drug-likeness (QED) is 0.651. The van der Waals surface area contributed by atoms with Crippen molar-refractivity contribution in [3.05, 3.63) is 29.8 Å². The van der Waals surface area contributed by atoms with E-state index in [2.05, 4.69) is 51.5 Å². The first-order valence-corrected chi connectivity index (χ1v) is 8.38. The van der Waals surface area contributed by atoms with Gasteiger partial charge in [0, 0.05) is 30.5 Å². The summed E-state index contributed by atoms with van der Waals surface area (Å²) < 4.78 is 0. The minimum absolute atomic E-state index is 0.162. The molecule has 0 saturated carbocycles. The number of nitrogens with two attached hydrogens (primary N) is 2. The number of piperidine rings is 1. The van der Waals surface area contributed by atoms with Crippen LogP contribution in [-0.2, 0) is 0 Å². The van der Waals surface area contributed by atoms with E-state index in [1.807, 2.05) is 12.1 Å². The van der Waals surface area contributed by atoms with Crippen molar-refractivity contribution in [3.8, 4) is 0 Å². The topological polar surface area (TPSA) is 116 Å². The number of hydrogen-bond donors (Lipinski definition) is 4. The van der Waals surface area contributed by atoms with Crippen molar-refractivity contribution in [3.63, 3.8) is 0 Å². The van der Waals surface area contributed by atoms with E-state index in [4.69, 9.17) is 11.5 Å². The summed E-state index contributed by atoms with van der Waals surface area (Å²) in [5, 5.41) is 9.64. The van der Waals surface area contributed by atoms with E-state index in [1.165, 1.54) is 18.5 Å². The Labute approximate surface area is 147 Å². The number of carbonyl (C=O) groups is 1. The van der Waals surface area contributed by atoms with E-state index in [9.17, 15) is 4.79 Å². The van der Waals surface area contributed by atoms with Gasteiger partial charge in [-0.05, 0) is 51.2 Å². The lowest BCUT2D eigenvalue weighted by Crippen LogP contribution is -2.41. The number of amides is 1. The number of aromatic amines is 1. The summed E-state index contributed by atoms with van der Waals surface area (Å²) >= 11 is 0. The van der Waals surface area contributed by atoms with Crippen molar-refractivity contribution in [2.24, 2.45) is 5.73 Å². The summed E-state index contributed by atoms with van der Waals surface area (Å²) in [7, 11) is 4.28. The molecule has 8 nitrogen and oxygen atoms in total. The second-order valence-corrected chi connectivity index (χ2v) is 6.58. The Morgan fingerprint density at radius 2 is 1.92 bits per heavy atom. The molecule has 0 radical (unpaired) electrons. The molecule has 1 saturated heterocycles. The number of rotatable bonds is 5. The third kappa shape index (κ3) is 3.69. The highest BCUT2D eigenvalue weighted by atomic mass is 16.1. The lowest BCUT2D eigenvalue weighted by Gasteiger charge is -2.36. The van der Waals surface area contributed by atoms with Gasteiger partial charge >= 0.3 is 0 Å². The number of primary amides is 1. The second-order valence-electron chi connectivity index (χ2n) is 6.58. The number of anilines is 4. The van der Waals surface area contributed by atoms with Gasteiger partial charge in [-0.2, -0.15) is 5.10 Å². The summed E-state index contributed by atoms with van der Waals surface area (Å²) in [6, 6.07) is 8.72. The molecule has 1 aromatic carbocycles. The van der Waals surface area contributed by atoms with Gasteiger partial charge in [-0.1, -0.05) is 0 Å². The monoisotopic (exact) mass is 343 g/mol. The molecule has 0 spiro atoms. The Kier molecular flexibility index (Phi) is 4.80. The van der Waals surface area contributed by atoms with Gasteiger partial charge in [0.25, 0.3) is 5.91 Å². The molecular formula is C17H25N7O. The molecule has 3 rings (SSSR count). The number of nitrogens with zero attached hydrogens (tertiary/aromatic N) is 3. The first-order chi connectivity index (χ1) is 12.0. The summed E-state index contributed by atoms with van der Waals surface area (Å²) in [4.78, 5) is 16.2. The highest BCUT2D eigenvalue weighted by Crippen LogP contribution is 2.26. The summed E-state index contributed by atoms with van der Waals surface area (Å²) in [6.07, 6.45) is 2.34. The van der Waals surface area contributed by atoms with Gasteiger partial charge < -0.3 is 26.6 Å². The van der Waals surface area contributed by atoms with Crippen molar-refractivity contribution in [1.29, 1.82) is 0 Å². The van der Waals surface area contributed by atoms with Gasteiger partial charge in [-0.25, -0.2) is 0 Å². The molecular weight excluding hydrogens is 318 g/mol. The molecule has 25 heavy (non-hydrogen) atoms. The van der Waals surface area contributed by atoms with Gasteiger partial charge in [-0.15, -0.1) is 0 Å². The van der Waals surface area contributed by atoms with E-state index in [0.29, 0.717) is 11.9 Å². The lowest BCUT2D eigenvalue weighted by molar-refractivity contribution is 0.100. The van der Waals surface area contributed by atoms with Crippen molar-refractivity contribution < 1.29 is 4.79 Å². The van der Waals surface area contributed by atoms with Crippen LogP contribution in [0.3, 0.4) is 0 Å². The SMILES string of the molecule is CN(C)C1CCN(c2ccc(Nc3n[nH]c(N)c3C(N)=O)cc2)CC1. The summed E-state index contributed by atoms with van der Waals surface area (Å²) in [5.74, 6) is -0.117. The number of carbonyl (C=O) groups excluding carboxylic acids is 1. The van der Waals surface area contributed by atoms with Crippen LogP contribution < -0.4 is 21.7 Å². The standard InChI is InChI=1S/C17H25N7O/c1-23(2)12-7-9-24(10-8-12)13-5-3-11(4-6-13)20-17-14(16(19)25)15(18)21-22-17/h3-6,12H,7-10H2,1-2H3,(H2,19,25)(H4,18,20,21,22). The average molecular weight is 343 g/mol. The molecule has 0 aliphatic carbocycles. The first-order valence-electron chi connectivity index (χ1n) is 8.38. The molecule has 1 amide bonds. The van der Waals surface area contributed by atoms with Crippen molar-refractivity contribution in [2.75, 3.05) is 43.1 Å². The fourth-order valence-corrected chi connectivity index (χ4v) is 3.23. The fourth-order valence-electron chi connectivity index (χ4n) is 3.23. The maximum Gasteiger partial charge on any atom is 0.256 e. The van der Waals surface area contributed by atoms with Gasteiger partial charge in [0.15, 0.2) is 5.82 Å². The van der Waals surface area contributed by atoms with Crippen molar-refractivity contribution in [1.82, 2.24) is 15.1 Å². The fraction of sp³-hybridized carbons (Fsp3) is 0.412. The molecule has 0 bridgehead atoms. The molecule has 2 heterocycles. The average Bonchev–Trinajstić information content (AvgIpc) is 2.96. The Bertz CT molecular complexity index is 730. The molecule has 6 N–H and O–H groups in total. The molecule has 1 fully saturated rings. The normalized spacial score (nSPS) is 15.6. The van der Waals surface area contributed by atoms with Crippen LogP contribution in [0.5, 0.6) is 0 Å². The zero-order chi connectivity index (χ0) is 18.0. The van der Waals surface area contributed by atoms with Crippen LogP contribution in [0.2, 0.25) is 0 Å². The van der Waals surface area contributed by atoms with Crippen LogP contribution in [0.25, 0.3) is 0 Å². The maximum absolute atomic E-state index is 11.5. The molecule has 2 aromatic rings. The van der Waals surface area contributed by atoms with Gasteiger partial charge in [0.05, 0.1) is 0 Å². The van der Waals surface area contributed by atoms with Crippen LogP contribution in [0.4, 0.5) is 23.0 Å². The third-order valence-corrected chi connectivity index (χ3v) is 4.73. The zero-order valence-corrected chi connectivity index (χ0v) is 14.6. The number of aromatic nitrogens is 2. The number of H-pyrrole nitrogens is 1. The second kappa shape index (κ2) is 7.02. The van der Waals surface area contributed by atoms with Gasteiger partial charge in [0.2, 0.25) is 0 Å². The van der Waals surface area contributed by atoms with Crippen molar-refractivity contribution >= 4 is 28.9 Å². The van der Waals surface area contributed by atoms with Crippen LogP contribution in [0.1, 0.15) is 23.2 Å². The van der Waals surface area contributed by atoms with E-state index < -0.39 is 5.91 Å². The smallest absolute Gasteiger partial charge is 0.256 e. The highest BCUT2D eigenvalue weighted by Gasteiger charge is 2.21. The molecule has 0 atom stereocenters. The number of hydrogen-bond acceptors (Lipinski definition) is 6. The summed E-state index contributed by atoms with van der Waals surface area (Å²) in [5.41, 5.74) is 13.2. The Morgan fingerprint density at radius 1 is 1.28 bits per heavy atom. The van der Waals surface area contributed by atoms with Crippen LogP contribution >= 0.6 is 0 Å². The number of nitrogens with one attached hydrogen (secondary N) is 2. The van der Waals surface area contributed by atoms with Gasteiger partial charge in [0.1, 0.15) is 11.4 Å². The number of nitrogen functional groups attached to an aromatic ring is 1. The van der Waals surface area contributed by atoms with E-state index in [1.54, 1.807) is 0 Å². The van der Waals surface area contributed by atoms with E-state index in [0.717, 1.165) is 18.8 Å². The molecule has 1 aliphatic heterocycles. The lowest BCUT2D eigenvalue weighted by atomic mass is 10.0. The molecule has 0 unspecified atom stereocenters. The minimum Gasteiger partial charge on any atom is -0.383 e. The largest absolute Gasteiger partial charge is 0.383 e. The van der Waals surface area contributed by atoms with E-state index in [-0.39, 0.29) is 11.4 Å². The maximum atomic E-state index is 11.5. The zero-order valence-electron chi connectivity index (χ0n) is 14.6. The van der Waals surface area contributed by atoms with Crippen LogP contribution in [0, 0.1) is 0 Å². The van der Waals surface area contributed by atoms with E-state index >= 15 is 0 Å². The molecule has 8 heteroatoms. The Morgan fingerprint density at radius 3 is 2.48 bits per heavy atom. The third-order valence-electron chi connectivity index (χ3n) is 4.73. The predicted molar refractivity (Wildman–Crippen MR) is 100 cm³/mol.